The van der Waals surface area contributed by atoms with E-state index in [4.69, 9.17) is 9.84 Å². The first kappa shape index (κ1) is 12.0. The molecule has 1 aromatic rings. The second kappa shape index (κ2) is 5.70. The van der Waals surface area contributed by atoms with E-state index < -0.39 is 18.0 Å². The van der Waals surface area contributed by atoms with Gasteiger partial charge in [0.05, 0.1) is 0 Å². The van der Waals surface area contributed by atoms with E-state index in [0.29, 0.717) is 0 Å². The minimum absolute atomic E-state index is 0.396. The van der Waals surface area contributed by atoms with Gasteiger partial charge in [0.1, 0.15) is 6.10 Å². The average Bonchev–Trinajstić information content (AvgIpc) is 2.27. The minimum Gasteiger partial charge on any atom is -0.478 e. The van der Waals surface area contributed by atoms with E-state index in [9.17, 15) is 9.59 Å². The predicted molar refractivity (Wildman–Crippen MR) is 57.7 cm³/mol. The molecule has 1 unspecified atom stereocenters. The summed E-state index contributed by atoms with van der Waals surface area (Å²) in [5.74, 6) is -1.84. The molecule has 84 valence electrons. The van der Waals surface area contributed by atoms with Crippen molar-refractivity contribution >= 4 is 11.9 Å². The summed E-state index contributed by atoms with van der Waals surface area (Å²) in [6.45, 7) is 1.72. The zero-order valence-electron chi connectivity index (χ0n) is 8.79. The maximum Gasteiger partial charge on any atom is 0.331 e. The lowest BCUT2D eigenvalue weighted by molar-refractivity contribution is -0.143. The van der Waals surface area contributed by atoms with E-state index in [1.54, 1.807) is 6.92 Å². The van der Waals surface area contributed by atoms with E-state index in [2.05, 4.69) is 0 Å². The zero-order valence-corrected chi connectivity index (χ0v) is 8.79. The molecule has 0 aliphatic rings. The highest BCUT2D eigenvalue weighted by atomic mass is 16.5. The Kier molecular flexibility index (Phi) is 4.27. The number of esters is 1. The second-order valence-corrected chi connectivity index (χ2v) is 3.16. The van der Waals surface area contributed by atoms with Gasteiger partial charge in [0.25, 0.3) is 0 Å². The lowest BCUT2D eigenvalue weighted by Gasteiger charge is -2.11. The van der Waals surface area contributed by atoms with Crippen LogP contribution in [0.1, 0.15) is 18.6 Å². The number of carbonyl (C=O) groups excluding carboxylic acids is 1. The van der Waals surface area contributed by atoms with Crippen molar-refractivity contribution in [2.45, 2.75) is 13.0 Å². The van der Waals surface area contributed by atoms with Gasteiger partial charge >= 0.3 is 11.9 Å². The first-order valence-corrected chi connectivity index (χ1v) is 4.76. The number of hydrogen-bond donors (Lipinski definition) is 1. The van der Waals surface area contributed by atoms with Crippen LogP contribution in [0.15, 0.2) is 42.5 Å². The number of aliphatic carboxylic acids is 1. The fourth-order valence-corrected chi connectivity index (χ4v) is 1.14. The van der Waals surface area contributed by atoms with E-state index in [1.165, 1.54) is 0 Å². The summed E-state index contributed by atoms with van der Waals surface area (Å²) in [5.41, 5.74) is 0.861. The molecule has 1 rings (SSSR count). The topological polar surface area (TPSA) is 63.6 Å². The van der Waals surface area contributed by atoms with Gasteiger partial charge in [0, 0.05) is 12.2 Å². The number of carboxylic acid groups (broad SMARTS) is 1. The van der Waals surface area contributed by atoms with Crippen LogP contribution in [0.25, 0.3) is 0 Å². The van der Waals surface area contributed by atoms with E-state index in [-0.39, 0.29) is 0 Å². The summed E-state index contributed by atoms with van der Waals surface area (Å²) in [5, 5.41) is 8.32. The molecule has 0 aromatic heterocycles. The third-order valence-electron chi connectivity index (χ3n) is 1.92. The largest absolute Gasteiger partial charge is 0.478 e. The summed E-state index contributed by atoms with van der Waals surface area (Å²) in [7, 11) is 0. The maximum atomic E-state index is 11.2. The molecule has 1 N–H and O–H groups in total. The molecule has 0 bridgehead atoms. The normalized spacial score (nSPS) is 12.3. The first-order chi connectivity index (χ1) is 7.59. The molecule has 0 amide bonds. The lowest BCUT2D eigenvalue weighted by atomic mass is 10.1. The molecule has 1 aromatic carbocycles. The summed E-state index contributed by atoms with van der Waals surface area (Å²) < 4.78 is 5.00. The van der Waals surface area contributed by atoms with Gasteiger partial charge in [0.15, 0.2) is 0 Å². The molecule has 4 heteroatoms. The summed E-state index contributed by atoms with van der Waals surface area (Å²) >= 11 is 0. The number of carbonyl (C=O) groups is 2. The molecule has 0 saturated heterocycles. The Morgan fingerprint density at radius 3 is 2.44 bits per heavy atom. The zero-order chi connectivity index (χ0) is 12.0. The van der Waals surface area contributed by atoms with Crippen LogP contribution in [0.4, 0.5) is 0 Å². The minimum atomic E-state index is -1.18. The van der Waals surface area contributed by atoms with Crippen molar-refractivity contribution in [3.63, 3.8) is 0 Å². The highest BCUT2D eigenvalue weighted by Gasteiger charge is 2.08. The molecule has 0 fully saturated rings. The monoisotopic (exact) mass is 220 g/mol. The van der Waals surface area contributed by atoms with Crippen LogP contribution in [0, 0.1) is 0 Å². The Labute approximate surface area is 93.2 Å². The van der Waals surface area contributed by atoms with Crippen LogP contribution in [0.5, 0.6) is 0 Å². The van der Waals surface area contributed by atoms with Crippen LogP contribution in [0.3, 0.4) is 0 Å². The van der Waals surface area contributed by atoms with Crippen molar-refractivity contribution in [3.05, 3.63) is 48.0 Å². The van der Waals surface area contributed by atoms with Crippen molar-refractivity contribution in [2.75, 3.05) is 0 Å². The van der Waals surface area contributed by atoms with Gasteiger partial charge in [-0.05, 0) is 12.5 Å². The van der Waals surface area contributed by atoms with Crippen LogP contribution in [0.2, 0.25) is 0 Å². The fourth-order valence-electron chi connectivity index (χ4n) is 1.14. The maximum absolute atomic E-state index is 11.2. The van der Waals surface area contributed by atoms with Gasteiger partial charge in [-0.2, -0.15) is 0 Å². The number of rotatable bonds is 4. The molecular weight excluding hydrogens is 208 g/mol. The quantitative estimate of drug-likeness (QED) is 0.622. The Hall–Kier alpha value is -2.10. The van der Waals surface area contributed by atoms with Crippen LogP contribution < -0.4 is 0 Å². The van der Waals surface area contributed by atoms with Crippen molar-refractivity contribution < 1.29 is 19.4 Å². The highest BCUT2D eigenvalue weighted by Crippen LogP contribution is 2.15. The Morgan fingerprint density at radius 2 is 1.88 bits per heavy atom. The third kappa shape index (κ3) is 3.96. The van der Waals surface area contributed by atoms with Crippen molar-refractivity contribution in [1.82, 2.24) is 0 Å². The standard InChI is InChI=1S/C12H12O4/c1-9(10-5-3-2-4-6-10)16-12(15)8-7-11(13)14/h2-9H,1H3,(H,13,14)/b8-7+. The molecular formula is C12H12O4. The van der Waals surface area contributed by atoms with Gasteiger partial charge in [-0.25, -0.2) is 9.59 Å². The van der Waals surface area contributed by atoms with Gasteiger partial charge in [-0.3, -0.25) is 0 Å². The van der Waals surface area contributed by atoms with Crippen molar-refractivity contribution in [2.24, 2.45) is 0 Å². The van der Waals surface area contributed by atoms with E-state index in [0.717, 1.165) is 17.7 Å². The molecule has 0 spiro atoms. The molecule has 16 heavy (non-hydrogen) atoms. The van der Waals surface area contributed by atoms with Gasteiger partial charge < -0.3 is 9.84 Å². The second-order valence-electron chi connectivity index (χ2n) is 3.16. The van der Waals surface area contributed by atoms with E-state index in [1.807, 2.05) is 30.3 Å². The summed E-state index contributed by atoms with van der Waals surface area (Å²) in [6.07, 6.45) is 1.24. The Balaban J connectivity index is 2.55. The summed E-state index contributed by atoms with van der Waals surface area (Å²) in [4.78, 5) is 21.3. The van der Waals surface area contributed by atoms with Crippen LogP contribution >= 0.6 is 0 Å². The molecule has 0 heterocycles. The lowest BCUT2D eigenvalue weighted by Crippen LogP contribution is -2.06. The van der Waals surface area contributed by atoms with E-state index >= 15 is 0 Å². The SMILES string of the molecule is CC(OC(=O)/C=C/C(=O)O)c1ccccc1. The van der Waals surface area contributed by atoms with Crippen molar-refractivity contribution in [1.29, 1.82) is 0 Å². The van der Waals surface area contributed by atoms with Gasteiger partial charge in [-0.1, -0.05) is 30.3 Å². The molecule has 0 saturated carbocycles. The number of benzene rings is 1. The number of ether oxygens (including phenoxy) is 1. The Morgan fingerprint density at radius 1 is 1.25 bits per heavy atom. The van der Waals surface area contributed by atoms with Crippen LogP contribution in [-0.2, 0) is 14.3 Å². The highest BCUT2D eigenvalue weighted by molar-refractivity contribution is 5.90. The third-order valence-corrected chi connectivity index (χ3v) is 1.92. The Bertz CT molecular complexity index is 395. The molecule has 0 aliphatic carbocycles. The van der Waals surface area contributed by atoms with Crippen molar-refractivity contribution in [3.8, 4) is 0 Å². The smallest absolute Gasteiger partial charge is 0.331 e. The predicted octanol–water partition coefficient (Wildman–Crippen LogP) is 1.93. The number of hydrogen-bond acceptors (Lipinski definition) is 3. The van der Waals surface area contributed by atoms with Crippen LogP contribution in [-0.4, -0.2) is 17.0 Å². The molecule has 4 nitrogen and oxygen atoms in total. The first-order valence-electron chi connectivity index (χ1n) is 4.76. The summed E-state index contributed by atoms with van der Waals surface area (Å²) in [6, 6.07) is 9.21. The fraction of sp³-hybridized carbons (Fsp3) is 0.167. The molecule has 1 atom stereocenters. The average molecular weight is 220 g/mol. The number of carboxylic acids is 1. The molecule has 0 radical (unpaired) electrons. The molecule has 0 aliphatic heterocycles. The van der Waals surface area contributed by atoms with Gasteiger partial charge in [-0.15, -0.1) is 0 Å². The van der Waals surface area contributed by atoms with Gasteiger partial charge in [0.2, 0.25) is 0 Å².